The Bertz CT molecular complexity index is 1150. The molecule has 0 spiro atoms. The molecule has 29 heavy (non-hydrogen) atoms. The summed E-state index contributed by atoms with van der Waals surface area (Å²) in [6.45, 7) is 4.12. The number of Topliss-reactive ketones (excluding diaryl/α,β-unsaturated/α-hetero) is 1. The number of ketones is 1. The Kier molecular flexibility index (Phi) is 6.02. The molecule has 0 unspecified atom stereocenters. The number of carbonyl (C=O) groups excluding carboxylic acids is 1. The monoisotopic (exact) mass is 415 g/mol. The first-order chi connectivity index (χ1) is 13.8. The largest absolute Gasteiger partial charge is 0.411 e. The van der Waals surface area contributed by atoms with Crippen molar-refractivity contribution in [1.29, 1.82) is 0 Å². The molecule has 2 N–H and O–H groups in total. The predicted octanol–water partition coefficient (Wildman–Crippen LogP) is 1.81. The second-order valence-corrected chi connectivity index (χ2v) is 7.79. The molecule has 0 saturated carbocycles. The average molecular weight is 415 g/mol. The van der Waals surface area contributed by atoms with E-state index in [9.17, 15) is 14.4 Å². The molecule has 1 aromatic carbocycles. The molecular formula is C19H21N5O4S. The van der Waals surface area contributed by atoms with Gasteiger partial charge in [-0.1, -0.05) is 43.8 Å². The van der Waals surface area contributed by atoms with Crippen LogP contribution in [0, 0.1) is 5.92 Å². The number of rotatable bonds is 7. The van der Waals surface area contributed by atoms with Gasteiger partial charge in [-0.2, -0.15) is 0 Å². The predicted molar refractivity (Wildman–Crippen MR) is 110 cm³/mol. The van der Waals surface area contributed by atoms with Crippen LogP contribution in [0.4, 0.5) is 5.82 Å². The first-order valence-electron chi connectivity index (χ1n) is 8.93. The summed E-state index contributed by atoms with van der Waals surface area (Å²) >= 11 is 1.01. The van der Waals surface area contributed by atoms with Gasteiger partial charge < -0.3 is 10.2 Å². The highest BCUT2D eigenvalue weighted by Crippen LogP contribution is 2.23. The zero-order valence-corrected chi connectivity index (χ0v) is 17.1. The molecule has 0 radical (unpaired) electrons. The maximum Gasteiger partial charge on any atom is 0.332 e. The van der Waals surface area contributed by atoms with Gasteiger partial charge in [0.05, 0.1) is 5.75 Å². The number of thioether (sulfide) groups is 1. The van der Waals surface area contributed by atoms with E-state index in [2.05, 4.69) is 10.2 Å². The van der Waals surface area contributed by atoms with Crippen LogP contribution in [0.25, 0.3) is 11.5 Å². The maximum absolute atomic E-state index is 12.7. The lowest BCUT2D eigenvalue weighted by molar-refractivity contribution is 0.102. The molecule has 2 heterocycles. The van der Waals surface area contributed by atoms with E-state index in [4.69, 9.17) is 10.2 Å². The van der Waals surface area contributed by atoms with Crippen molar-refractivity contribution in [2.75, 3.05) is 11.5 Å². The summed E-state index contributed by atoms with van der Waals surface area (Å²) in [6, 6.07) is 9.23. The van der Waals surface area contributed by atoms with E-state index in [1.54, 1.807) is 0 Å². The first-order valence-corrected chi connectivity index (χ1v) is 9.92. The van der Waals surface area contributed by atoms with Crippen molar-refractivity contribution in [2.45, 2.75) is 25.6 Å². The summed E-state index contributed by atoms with van der Waals surface area (Å²) in [5.41, 5.74) is 5.32. The maximum atomic E-state index is 12.7. The molecule has 0 atom stereocenters. The molecule has 2 aromatic heterocycles. The van der Waals surface area contributed by atoms with Gasteiger partial charge in [-0.3, -0.25) is 18.7 Å². The average Bonchev–Trinajstić information content (AvgIpc) is 3.18. The highest BCUT2D eigenvalue weighted by Gasteiger charge is 2.22. The second kappa shape index (κ2) is 8.48. The van der Waals surface area contributed by atoms with Crippen LogP contribution >= 0.6 is 11.8 Å². The van der Waals surface area contributed by atoms with Gasteiger partial charge >= 0.3 is 5.69 Å². The van der Waals surface area contributed by atoms with Crippen LogP contribution in [-0.4, -0.2) is 30.9 Å². The van der Waals surface area contributed by atoms with Gasteiger partial charge in [0.2, 0.25) is 5.89 Å². The topological polar surface area (TPSA) is 126 Å². The fourth-order valence-electron chi connectivity index (χ4n) is 2.75. The van der Waals surface area contributed by atoms with Crippen LogP contribution in [0.5, 0.6) is 0 Å². The van der Waals surface area contributed by atoms with E-state index in [1.165, 1.54) is 11.6 Å². The van der Waals surface area contributed by atoms with Gasteiger partial charge in [0, 0.05) is 19.2 Å². The van der Waals surface area contributed by atoms with Gasteiger partial charge in [0.25, 0.3) is 10.8 Å². The molecular weight excluding hydrogens is 394 g/mol. The third-order valence-electron chi connectivity index (χ3n) is 4.16. The number of benzene rings is 1. The van der Waals surface area contributed by atoms with E-state index in [1.807, 2.05) is 44.2 Å². The van der Waals surface area contributed by atoms with Crippen LogP contribution in [0.2, 0.25) is 0 Å². The molecule has 0 aliphatic rings. The summed E-state index contributed by atoms with van der Waals surface area (Å²) in [7, 11) is 1.33. The van der Waals surface area contributed by atoms with E-state index < -0.39 is 17.0 Å². The molecule has 0 saturated heterocycles. The van der Waals surface area contributed by atoms with Crippen molar-refractivity contribution in [1.82, 2.24) is 19.3 Å². The van der Waals surface area contributed by atoms with Crippen LogP contribution in [0.3, 0.4) is 0 Å². The highest BCUT2D eigenvalue weighted by atomic mass is 32.2. The van der Waals surface area contributed by atoms with Crippen molar-refractivity contribution < 1.29 is 9.21 Å². The minimum atomic E-state index is -0.714. The van der Waals surface area contributed by atoms with Gasteiger partial charge in [0.1, 0.15) is 11.4 Å². The molecule has 10 heteroatoms. The number of carbonyl (C=O) groups is 1. The Hall–Kier alpha value is -3.14. The fourth-order valence-corrected chi connectivity index (χ4v) is 3.39. The molecule has 0 bridgehead atoms. The molecule has 152 valence electrons. The van der Waals surface area contributed by atoms with Crippen molar-refractivity contribution >= 4 is 23.4 Å². The SMILES string of the molecule is CC(C)Cn1c(N)c(C(=O)CSc2nnc(-c3ccccc3)o2)c(=O)n(C)c1=O. The van der Waals surface area contributed by atoms with Crippen LogP contribution in [-0.2, 0) is 13.6 Å². The van der Waals surface area contributed by atoms with Crippen LogP contribution in [0.15, 0.2) is 49.6 Å². The Labute approximate surface area is 170 Å². The second-order valence-electron chi connectivity index (χ2n) is 6.86. The van der Waals surface area contributed by atoms with Gasteiger partial charge in [-0.15, -0.1) is 10.2 Å². The first kappa shape index (κ1) is 20.6. The van der Waals surface area contributed by atoms with Crippen LogP contribution < -0.4 is 17.0 Å². The zero-order valence-electron chi connectivity index (χ0n) is 16.3. The zero-order chi connectivity index (χ0) is 21.1. The fraction of sp³-hybridized carbons (Fsp3) is 0.316. The molecule has 0 amide bonds. The number of nitrogens with two attached hydrogens (primary N) is 1. The molecule has 9 nitrogen and oxygen atoms in total. The minimum absolute atomic E-state index is 0.111. The van der Waals surface area contributed by atoms with Gasteiger partial charge in [-0.05, 0) is 18.1 Å². The standard InChI is InChI=1S/C19H21N5O4S/c1-11(2)9-24-15(20)14(17(26)23(3)19(24)27)13(25)10-29-18-22-21-16(28-18)12-7-5-4-6-8-12/h4-8,11H,9-10,20H2,1-3H3. The summed E-state index contributed by atoms with van der Waals surface area (Å²) in [5.74, 6) is -0.311. The lowest BCUT2D eigenvalue weighted by Gasteiger charge is -2.15. The van der Waals surface area contributed by atoms with Crippen molar-refractivity contribution in [3.05, 3.63) is 56.7 Å². The number of aromatic nitrogens is 4. The van der Waals surface area contributed by atoms with Crippen molar-refractivity contribution in [3.8, 4) is 11.5 Å². The highest BCUT2D eigenvalue weighted by molar-refractivity contribution is 7.99. The summed E-state index contributed by atoms with van der Waals surface area (Å²) in [6.07, 6.45) is 0. The summed E-state index contributed by atoms with van der Waals surface area (Å²) in [4.78, 5) is 37.5. The Morgan fingerprint density at radius 2 is 1.90 bits per heavy atom. The van der Waals surface area contributed by atoms with E-state index in [0.29, 0.717) is 12.4 Å². The number of anilines is 1. The third-order valence-corrected chi connectivity index (χ3v) is 4.98. The lowest BCUT2D eigenvalue weighted by Crippen LogP contribution is -2.43. The smallest absolute Gasteiger partial charge is 0.332 e. The molecule has 0 aliphatic carbocycles. The van der Waals surface area contributed by atoms with Gasteiger partial charge in [0.15, 0.2) is 5.78 Å². The van der Waals surface area contributed by atoms with E-state index in [-0.39, 0.29) is 28.3 Å². The Morgan fingerprint density at radius 1 is 1.21 bits per heavy atom. The van der Waals surface area contributed by atoms with Crippen LogP contribution in [0.1, 0.15) is 24.2 Å². The van der Waals surface area contributed by atoms with Crippen molar-refractivity contribution in [2.24, 2.45) is 13.0 Å². The third kappa shape index (κ3) is 4.32. The quantitative estimate of drug-likeness (QED) is 0.457. The molecule has 0 fully saturated rings. The summed E-state index contributed by atoms with van der Waals surface area (Å²) in [5, 5.41) is 8.07. The van der Waals surface area contributed by atoms with E-state index in [0.717, 1.165) is 21.9 Å². The number of hydrogen-bond donors (Lipinski definition) is 1. The molecule has 3 aromatic rings. The minimum Gasteiger partial charge on any atom is -0.411 e. The van der Waals surface area contributed by atoms with Gasteiger partial charge in [-0.25, -0.2) is 4.79 Å². The summed E-state index contributed by atoms with van der Waals surface area (Å²) < 4.78 is 7.71. The normalized spacial score (nSPS) is 11.2. The Balaban J connectivity index is 1.83. The van der Waals surface area contributed by atoms with E-state index >= 15 is 0 Å². The Morgan fingerprint density at radius 3 is 2.55 bits per heavy atom. The number of hydrogen-bond acceptors (Lipinski definition) is 8. The molecule has 0 aliphatic heterocycles. The van der Waals surface area contributed by atoms with Crippen molar-refractivity contribution in [3.63, 3.8) is 0 Å². The number of nitrogens with zero attached hydrogens (tertiary/aromatic N) is 4. The molecule has 3 rings (SSSR count). The number of nitrogen functional groups attached to an aromatic ring is 1. The lowest BCUT2D eigenvalue weighted by atomic mass is 10.2.